The van der Waals surface area contributed by atoms with Crippen molar-refractivity contribution >= 4 is 29.2 Å². The third kappa shape index (κ3) is 3.68. The maximum absolute atomic E-state index is 11.5. The van der Waals surface area contributed by atoms with E-state index < -0.39 is 5.97 Å². The Kier molecular flexibility index (Phi) is 4.85. The summed E-state index contributed by atoms with van der Waals surface area (Å²) in [5.41, 5.74) is 0.247. The lowest BCUT2D eigenvalue weighted by Gasteiger charge is -2.04. The molecule has 1 heterocycles. The Morgan fingerprint density at radius 3 is 2.80 bits per heavy atom. The molecule has 0 aliphatic rings. The van der Waals surface area contributed by atoms with E-state index in [2.05, 4.69) is 4.98 Å². The zero-order valence-electron chi connectivity index (χ0n) is 8.30. The van der Waals surface area contributed by atoms with Crippen molar-refractivity contribution in [3.63, 3.8) is 0 Å². The molecule has 0 saturated carbocycles. The van der Waals surface area contributed by atoms with E-state index in [1.54, 1.807) is 0 Å². The van der Waals surface area contributed by atoms with E-state index >= 15 is 0 Å². The minimum absolute atomic E-state index is 0.0731. The van der Waals surface area contributed by atoms with Crippen LogP contribution in [0.4, 0.5) is 0 Å². The molecule has 0 spiro atoms. The molecule has 0 N–H and O–H groups in total. The quantitative estimate of drug-likeness (QED) is 0.466. The Labute approximate surface area is 98.4 Å². The summed E-state index contributed by atoms with van der Waals surface area (Å²) in [6.07, 6.45) is 1.81. The molecule has 0 atom stereocenters. The van der Waals surface area contributed by atoms with E-state index in [4.69, 9.17) is 27.9 Å². The molecular weight excluding hydrogens is 237 g/mol. The Morgan fingerprint density at radius 1 is 1.47 bits per heavy atom. The number of esters is 1. The van der Waals surface area contributed by atoms with Crippen molar-refractivity contribution in [2.75, 3.05) is 6.61 Å². The van der Waals surface area contributed by atoms with Crippen LogP contribution in [0.2, 0.25) is 10.3 Å². The zero-order chi connectivity index (χ0) is 11.3. The molecule has 0 bridgehead atoms. The van der Waals surface area contributed by atoms with E-state index in [9.17, 15) is 4.79 Å². The second kappa shape index (κ2) is 5.93. The highest BCUT2D eigenvalue weighted by Crippen LogP contribution is 2.17. The molecule has 1 aromatic rings. The van der Waals surface area contributed by atoms with Crippen LogP contribution in [0.3, 0.4) is 0 Å². The number of halogens is 2. The van der Waals surface area contributed by atoms with Crippen LogP contribution in [0.1, 0.15) is 30.1 Å². The van der Waals surface area contributed by atoms with Gasteiger partial charge in [0.2, 0.25) is 0 Å². The van der Waals surface area contributed by atoms with Gasteiger partial charge in [-0.2, -0.15) is 0 Å². The highest BCUT2D eigenvalue weighted by atomic mass is 35.5. The second-order valence-electron chi connectivity index (χ2n) is 2.96. The number of ether oxygens (including phenoxy) is 1. The van der Waals surface area contributed by atoms with E-state index in [-0.39, 0.29) is 15.9 Å². The third-order valence-corrected chi connectivity index (χ3v) is 2.26. The molecule has 0 fully saturated rings. The first-order chi connectivity index (χ1) is 7.15. The molecule has 0 saturated heterocycles. The van der Waals surface area contributed by atoms with Crippen molar-refractivity contribution < 1.29 is 9.53 Å². The number of hydrogen-bond donors (Lipinski definition) is 0. The fourth-order valence-corrected chi connectivity index (χ4v) is 1.37. The predicted molar refractivity (Wildman–Crippen MR) is 59.4 cm³/mol. The smallest absolute Gasteiger partial charge is 0.341 e. The lowest BCUT2D eigenvalue weighted by molar-refractivity contribution is 0.0499. The molecule has 15 heavy (non-hydrogen) atoms. The Bertz CT molecular complexity index is 355. The monoisotopic (exact) mass is 247 g/mol. The molecule has 1 aromatic heterocycles. The fraction of sp³-hybridized carbons (Fsp3) is 0.400. The first-order valence-corrected chi connectivity index (χ1v) is 5.40. The largest absolute Gasteiger partial charge is 0.462 e. The molecule has 0 aromatic carbocycles. The van der Waals surface area contributed by atoms with Gasteiger partial charge >= 0.3 is 5.97 Å². The van der Waals surface area contributed by atoms with Crippen LogP contribution in [0.15, 0.2) is 12.1 Å². The molecule has 0 radical (unpaired) electrons. The molecular formula is C10H11Cl2NO2. The van der Waals surface area contributed by atoms with Gasteiger partial charge in [0, 0.05) is 0 Å². The summed E-state index contributed by atoms with van der Waals surface area (Å²) in [6.45, 7) is 2.42. The average molecular weight is 248 g/mol. The van der Waals surface area contributed by atoms with E-state index in [1.165, 1.54) is 12.1 Å². The van der Waals surface area contributed by atoms with Crippen LogP contribution in [0.25, 0.3) is 0 Å². The zero-order valence-corrected chi connectivity index (χ0v) is 9.81. The van der Waals surface area contributed by atoms with Crippen LogP contribution in [-0.2, 0) is 4.74 Å². The highest BCUT2D eigenvalue weighted by molar-refractivity contribution is 6.34. The van der Waals surface area contributed by atoms with Crippen LogP contribution < -0.4 is 0 Å². The molecule has 0 amide bonds. The van der Waals surface area contributed by atoms with Gasteiger partial charge in [0.15, 0.2) is 0 Å². The van der Waals surface area contributed by atoms with Crippen molar-refractivity contribution in [3.8, 4) is 0 Å². The first-order valence-electron chi connectivity index (χ1n) is 4.64. The molecule has 0 aliphatic heterocycles. The average Bonchev–Trinajstić information content (AvgIpc) is 2.17. The van der Waals surface area contributed by atoms with Crippen LogP contribution in [0, 0.1) is 0 Å². The van der Waals surface area contributed by atoms with Crippen molar-refractivity contribution in [2.45, 2.75) is 19.8 Å². The Morgan fingerprint density at radius 2 is 2.20 bits per heavy atom. The minimum Gasteiger partial charge on any atom is -0.462 e. The van der Waals surface area contributed by atoms with Crippen LogP contribution >= 0.6 is 23.2 Å². The normalized spacial score (nSPS) is 10.1. The van der Waals surface area contributed by atoms with Crippen molar-refractivity contribution in [2.24, 2.45) is 0 Å². The van der Waals surface area contributed by atoms with Crippen molar-refractivity contribution in [1.29, 1.82) is 0 Å². The molecule has 5 heteroatoms. The summed E-state index contributed by atoms with van der Waals surface area (Å²) in [7, 11) is 0. The maximum atomic E-state index is 11.5. The Balaban J connectivity index is 2.65. The van der Waals surface area contributed by atoms with Gasteiger partial charge in [-0.1, -0.05) is 36.5 Å². The van der Waals surface area contributed by atoms with Gasteiger partial charge in [0.25, 0.3) is 0 Å². The van der Waals surface area contributed by atoms with Crippen molar-refractivity contribution in [3.05, 3.63) is 28.0 Å². The molecule has 3 nitrogen and oxygen atoms in total. The Hall–Kier alpha value is -0.800. The third-order valence-electron chi connectivity index (χ3n) is 1.77. The van der Waals surface area contributed by atoms with Crippen LogP contribution in [-0.4, -0.2) is 17.6 Å². The van der Waals surface area contributed by atoms with E-state index in [0.717, 1.165) is 12.8 Å². The van der Waals surface area contributed by atoms with E-state index in [1.807, 2.05) is 6.92 Å². The first kappa shape index (κ1) is 12.3. The number of aromatic nitrogens is 1. The number of unbranched alkanes of at least 4 members (excludes halogenated alkanes) is 1. The SMILES string of the molecule is CCCCOC(=O)c1ccc(Cl)nc1Cl. The number of nitrogens with zero attached hydrogens (tertiary/aromatic N) is 1. The number of carbonyl (C=O) groups excluding carboxylic acids is 1. The van der Waals surface area contributed by atoms with Gasteiger partial charge in [0.1, 0.15) is 10.3 Å². The summed E-state index contributed by atoms with van der Waals surface area (Å²) >= 11 is 11.3. The minimum atomic E-state index is -0.461. The number of pyridine rings is 1. The maximum Gasteiger partial charge on any atom is 0.341 e. The van der Waals surface area contributed by atoms with E-state index in [0.29, 0.717) is 6.61 Å². The van der Waals surface area contributed by atoms with Crippen molar-refractivity contribution in [1.82, 2.24) is 4.98 Å². The van der Waals surface area contributed by atoms with Crippen LogP contribution in [0.5, 0.6) is 0 Å². The molecule has 1 rings (SSSR count). The highest BCUT2D eigenvalue weighted by Gasteiger charge is 2.12. The summed E-state index contributed by atoms with van der Waals surface area (Å²) in [6, 6.07) is 3.01. The summed E-state index contributed by atoms with van der Waals surface area (Å²) in [5.74, 6) is -0.461. The molecule has 0 aliphatic carbocycles. The number of carbonyl (C=O) groups is 1. The number of hydrogen-bond acceptors (Lipinski definition) is 3. The van der Waals surface area contributed by atoms with Gasteiger partial charge in [0.05, 0.1) is 12.2 Å². The lowest BCUT2D eigenvalue weighted by atomic mass is 10.3. The van der Waals surface area contributed by atoms with Gasteiger partial charge in [-0.15, -0.1) is 0 Å². The molecule has 82 valence electrons. The summed E-state index contributed by atoms with van der Waals surface area (Å²) in [4.78, 5) is 15.2. The van der Waals surface area contributed by atoms with Gasteiger partial charge in [-0.05, 0) is 18.6 Å². The second-order valence-corrected chi connectivity index (χ2v) is 3.71. The van der Waals surface area contributed by atoms with Gasteiger partial charge in [-0.25, -0.2) is 9.78 Å². The summed E-state index contributed by atoms with van der Waals surface area (Å²) in [5, 5.41) is 0.328. The fourth-order valence-electron chi connectivity index (χ4n) is 0.951. The predicted octanol–water partition coefficient (Wildman–Crippen LogP) is 3.35. The molecule has 0 unspecified atom stereocenters. The summed E-state index contributed by atoms with van der Waals surface area (Å²) < 4.78 is 4.98. The van der Waals surface area contributed by atoms with Gasteiger partial charge in [-0.3, -0.25) is 0 Å². The topological polar surface area (TPSA) is 39.2 Å². The van der Waals surface area contributed by atoms with Gasteiger partial charge < -0.3 is 4.74 Å². The number of rotatable bonds is 4. The standard InChI is InChI=1S/C10H11Cl2NO2/c1-2-3-6-15-10(14)7-4-5-8(11)13-9(7)12/h4-5H,2-3,6H2,1H3. The lowest BCUT2D eigenvalue weighted by Crippen LogP contribution is -2.07.